The lowest BCUT2D eigenvalue weighted by atomic mass is 9.74. The van der Waals surface area contributed by atoms with Gasteiger partial charge in [-0.05, 0) is 159 Å². The number of hydrogen-bond donors (Lipinski definition) is 0. The summed E-state index contributed by atoms with van der Waals surface area (Å²) in [6.45, 7) is 11.7. The van der Waals surface area contributed by atoms with Gasteiger partial charge >= 0.3 is 0 Å². The van der Waals surface area contributed by atoms with Crippen molar-refractivity contribution in [2.45, 2.75) is 65.3 Å². The Morgan fingerprint density at radius 3 is 2.00 bits per heavy atom. The molecule has 3 aliphatic rings. The summed E-state index contributed by atoms with van der Waals surface area (Å²) in [5.41, 5.74) is 22.2. The number of para-hydroxylation sites is 1. The fourth-order valence-electron chi connectivity index (χ4n) is 11.6. The Bertz CT molecular complexity index is 3250. The van der Waals surface area contributed by atoms with Crippen LogP contribution in [0.1, 0.15) is 65.0 Å². The number of nitrogens with zero attached hydrogens (tertiary/aromatic N) is 1. The normalized spacial score (nSPS) is 18.4. The molecule has 1 heterocycles. The summed E-state index contributed by atoms with van der Waals surface area (Å²) >= 11 is 0. The van der Waals surface area contributed by atoms with Crippen LogP contribution in [-0.2, 0) is 5.41 Å². The van der Waals surface area contributed by atoms with Gasteiger partial charge in [-0.15, -0.1) is 6.42 Å². The van der Waals surface area contributed by atoms with Gasteiger partial charge in [0.25, 0.3) is 0 Å². The van der Waals surface area contributed by atoms with E-state index in [1.165, 1.54) is 89.3 Å². The van der Waals surface area contributed by atoms with Crippen LogP contribution in [0.5, 0.6) is 0 Å². The summed E-state index contributed by atoms with van der Waals surface area (Å²) < 4.78 is 6.29. The van der Waals surface area contributed by atoms with Gasteiger partial charge in [0, 0.05) is 33.0 Å². The number of hydrogen-bond acceptors (Lipinski definition) is 2. The smallest absolute Gasteiger partial charge is 0.136 e. The van der Waals surface area contributed by atoms with Gasteiger partial charge in [0.05, 0.1) is 6.04 Å². The highest BCUT2D eigenvalue weighted by Gasteiger charge is 2.46. The number of rotatable bonds is 6. The zero-order valence-electron chi connectivity index (χ0n) is 36.8. The predicted molar refractivity (Wildman–Crippen MR) is 265 cm³/mol. The van der Waals surface area contributed by atoms with E-state index in [1.807, 2.05) is 12.1 Å². The number of furan rings is 1. The van der Waals surface area contributed by atoms with Crippen molar-refractivity contribution in [3.05, 3.63) is 203 Å². The molecule has 0 bridgehead atoms. The average Bonchev–Trinajstić information content (AvgIpc) is 3.89. The highest BCUT2D eigenvalue weighted by atomic mass is 16.3. The number of fused-ring (bicyclic) bond motifs is 6. The second-order valence-electron chi connectivity index (χ2n) is 18.6. The van der Waals surface area contributed by atoms with E-state index in [4.69, 9.17) is 10.8 Å². The average molecular weight is 814 g/mol. The minimum absolute atomic E-state index is 0.0869. The molecule has 2 nitrogen and oxygen atoms in total. The Balaban J connectivity index is 1.00. The largest absolute Gasteiger partial charge is 0.456 e. The van der Waals surface area contributed by atoms with Crippen LogP contribution in [0, 0.1) is 17.8 Å². The molecule has 0 amide bonds. The van der Waals surface area contributed by atoms with Crippen molar-refractivity contribution in [2.24, 2.45) is 5.41 Å². The standard InChI is InChI=1S/C61H51NO/c1-7-16-47-49-21-14-22-55(59(49)61(5,6)52(47)8-2)62(45-33-27-41(28-34-45)46-20-15-24-57-58(46)50-19-12-13-23-56(50)63-57)44-31-25-40(26-32-44)42-30-36-53-51(37-42)48-35-29-43(38-54(48)60(53,3)4)39-17-10-9-11-18-39/h1,8-13,15-20,23-38,55H,14,21-22H2,2-6H3/b47-16-,52-8+. The zero-order valence-corrected chi connectivity index (χ0v) is 36.8. The van der Waals surface area contributed by atoms with E-state index in [9.17, 15) is 0 Å². The molecule has 1 atom stereocenters. The van der Waals surface area contributed by atoms with E-state index in [1.54, 1.807) is 0 Å². The number of anilines is 2. The predicted octanol–water partition coefficient (Wildman–Crippen LogP) is 16.4. The Kier molecular flexibility index (Phi) is 9.11. The van der Waals surface area contributed by atoms with Crippen molar-refractivity contribution < 1.29 is 4.42 Å². The molecular formula is C61H51NO. The van der Waals surface area contributed by atoms with Crippen molar-refractivity contribution >= 4 is 33.3 Å². The fraction of sp³-hybridized carbons (Fsp3) is 0.180. The van der Waals surface area contributed by atoms with Crippen LogP contribution in [0.4, 0.5) is 11.4 Å². The maximum Gasteiger partial charge on any atom is 0.136 e. The molecule has 2 heteroatoms. The van der Waals surface area contributed by atoms with Gasteiger partial charge in [-0.1, -0.05) is 149 Å². The van der Waals surface area contributed by atoms with Crippen molar-refractivity contribution in [3.63, 3.8) is 0 Å². The van der Waals surface area contributed by atoms with E-state index in [0.29, 0.717) is 0 Å². The van der Waals surface area contributed by atoms with E-state index >= 15 is 0 Å². The first-order chi connectivity index (χ1) is 30.7. The molecule has 1 unspecified atom stereocenters. The molecule has 0 saturated carbocycles. The lowest BCUT2D eigenvalue weighted by Crippen LogP contribution is -2.39. The van der Waals surface area contributed by atoms with E-state index in [2.05, 4.69) is 203 Å². The summed E-state index contributed by atoms with van der Waals surface area (Å²) in [4.78, 5) is 2.61. The van der Waals surface area contributed by atoms with Crippen LogP contribution in [-0.4, -0.2) is 6.04 Å². The number of allylic oxidation sites excluding steroid dienone is 5. The first-order valence-electron chi connectivity index (χ1n) is 22.5. The molecular weight excluding hydrogens is 763 g/mol. The molecule has 0 aliphatic heterocycles. The fourth-order valence-corrected chi connectivity index (χ4v) is 11.6. The molecule has 1 aromatic heterocycles. The number of terminal acetylenes is 1. The van der Waals surface area contributed by atoms with Crippen molar-refractivity contribution in [1.29, 1.82) is 0 Å². The second kappa shape index (κ2) is 14.8. The Morgan fingerprint density at radius 2 is 1.25 bits per heavy atom. The Morgan fingerprint density at radius 1 is 0.603 bits per heavy atom. The summed E-state index contributed by atoms with van der Waals surface area (Å²) in [6, 6.07) is 58.2. The minimum atomic E-state index is -0.162. The maximum absolute atomic E-state index is 6.29. The van der Waals surface area contributed by atoms with Crippen LogP contribution in [0.15, 0.2) is 197 Å². The molecule has 0 spiro atoms. The van der Waals surface area contributed by atoms with Gasteiger partial charge in [-0.2, -0.15) is 0 Å². The van der Waals surface area contributed by atoms with E-state index in [-0.39, 0.29) is 16.9 Å². The molecule has 0 N–H and O–H groups in total. The van der Waals surface area contributed by atoms with Gasteiger partial charge in [-0.25, -0.2) is 0 Å². The summed E-state index contributed by atoms with van der Waals surface area (Å²) in [6.07, 6.45) is 13.5. The molecule has 7 aromatic carbocycles. The molecule has 63 heavy (non-hydrogen) atoms. The summed E-state index contributed by atoms with van der Waals surface area (Å²) in [5, 5.41) is 2.30. The molecule has 0 saturated heterocycles. The summed E-state index contributed by atoms with van der Waals surface area (Å²) in [7, 11) is 0. The van der Waals surface area contributed by atoms with E-state index in [0.717, 1.165) is 41.2 Å². The highest BCUT2D eigenvalue weighted by molar-refractivity contribution is 6.12. The third-order valence-corrected chi connectivity index (χ3v) is 14.5. The Hall–Kier alpha value is -7.08. The molecule has 306 valence electrons. The zero-order chi connectivity index (χ0) is 43.0. The second-order valence-corrected chi connectivity index (χ2v) is 18.6. The van der Waals surface area contributed by atoms with Crippen LogP contribution in [0.2, 0.25) is 0 Å². The van der Waals surface area contributed by atoms with Crippen molar-refractivity contribution in [2.75, 3.05) is 4.90 Å². The lowest BCUT2D eigenvalue weighted by Gasteiger charge is -2.42. The lowest BCUT2D eigenvalue weighted by molar-refractivity contribution is 0.470. The maximum atomic E-state index is 6.29. The first kappa shape index (κ1) is 38.8. The topological polar surface area (TPSA) is 16.4 Å². The quantitative estimate of drug-likeness (QED) is 0.156. The van der Waals surface area contributed by atoms with Crippen LogP contribution < -0.4 is 4.90 Å². The van der Waals surface area contributed by atoms with Crippen LogP contribution in [0.25, 0.3) is 66.4 Å². The molecule has 11 rings (SSSR count). The van der Waals surface area contributed by atoms with Gasteiger partial charge in [0.1, 0.15) is 11.2 Å². The monoisotopic (exact) mass is 813 g/mol. The van der Waals surface area contributed by atoms with E-state index < -0.39 is 0 Å². The van der Waals surface area contributed by atoms with Gasteiger partial charge < -0.3 is 9.32 Å². The number of benzene rings is 7. The SMILES string of the molecule is C#C/C=C1/C2=C(C(N(c3ccc(-c4ccc5c(c4)-c4ccc(-c6ccccc6)cc4C5(C)C)cc3)c3ccc(-c4cccc5oc6ccccc6c45)cc3)CCC2)C(C)(C)/C1=C/C. The van der Waals surface area contributed by atoms with Crippen molar-refractivity contribution in [3.8, 4) is 56.9 Å². The molecule has 0 radical (unpaired) electrons. The van der Waals surface area contributed by atoms with Gasteiger partial charge in [-0.3, -0.25) is 0 Å². The minimum Gasteiger partial charge on any atom is -0.456 e. The van der Waals surface area contributed by atoms with Crippen LogP contribution >= 0.6 is 0 Å². The molecule has 0 fully saturated rings. The molecule has 8 aromatic rings. The third kappa shape index (κ3) is 6.09. The van der Waals surface area contributed by atoms with Gasteiger partial charge in [0.15, 0.2) is 0 Å². The Labute approximate surface area is 371 Å². The van der Waals surface area contributed by atoms with Crippen molar-refractivity contribution in [1.82, 2.24) is 0 Å². The first-order valence-corrected chi connectivity index (χ1v) is 22.5. The third-order valence-electron chi connectivity index (χ3n) is 14.5. The van der Waals surface area contributed by atoms with Gasteiger partial charge in [0.2, 0.25) is 0 Å². The van der Waals surface area contributed by atoms with Crippen LogP contribution in [0.3, 0.4) is 0 Å². The summed E-state index contributed by atoms with van der Waals surface area (Å²) in [5.74, 6) is 2.89. The molecule has 3 aliphatic carbocycles. The highest BCUT2D eigenvalue weighted by Crippen LogP contribution is 2.57.